The first-order chi connectivity index (χ1) is 9.03. The monoisotopic (exact) mass is 275 g/mol. The first-order valence-corrected chi connectivity index (χ1v) is 6.25. The van der Waals surface area contributed by atoms with Crippen molar-refractivity contribution in [1.29, 1.82) is 0 Å². The third-order valence-electron chi connectivity index (χ3n) is 2.66. The largest absolute Gasteiger partial charge is 0.573 e. The topological polar surface area (TPSA) is 30.5 Å². The van der Waals surface area contributed by atoms with Crippen LogP contribution in [0.15, 0.2) is 24.3 Å². The fourth-order valence-corrected chi connectivity index (χ4v) is 1.59. The summed E-state index contributed by atoms with van der Waals surface area (Å²) < 4.78 is 45.0. The second-order valence-electron chi connectivity index (χ2n) is 4.45. The zero-order valence-electron chi connectivity index (χ0n) is 10.4. The molecule has 1 aliphatic carbocycles. The molecule has 0 atom stereocenters. The summed E-state index contributed by atoms with van der Waals surface area (Å²) in [5.74, 6) is 0.302. The van der Waals surface area contributed by atoms with Gasteiger partial charge in [0.25, 0.3) is 0 Å². The van der Waals surface area contributed by atoms with Gasteiger partial charge in [0.1, 0.15) is 11.5 Å². The van der Waals surface area contributed by atoms with Crippen LogP contribution >= 0.6 is 0 Å². The highest BCUT2D eigenvalue weighted by Crippen LogP contribution is 2.24. The summed E-state index contributed by atoms with van der Waals surface area (Å²) in [6.45, 7) is 1.44. The molecule has 3 nitrogen and oxygen atoms in total. The van der Waals surface area contributed by atoms with Crippen molar-refractivity contribution < 1.29 is 22.6 Å². The number of hydrogen-bond donors (Lipinski definition) is 1. The minimum atomic E-state index is -4.66. The van der Waals surface area contributed by atoms with Gasteiger partial charge < -0.3 is 14.8 Å². The van der Waals surface area contributed by atoms with Crippen LogP contribution in [0.3, 0.4) is 0 Å². The van der Waals surface area contributed by atoms with Crippen LogP contribution in [0.5, 0.6) is 11.5 Å². The Morgan fingerprint density at radius 2 is 1.74 bits per heavy atom. The van der Waals surface area contributed by atoms with Gasteiger partial charge in [-0.3, -0.25) is 0 Å². The molecule has 0 bridgehead atoms. The van der Waals surface area contributed by atoms with Crippen LogP contribution in [0.4, 0.5) is 13.2 Å². The molecule has 0 aliphatic heterocycles. The van der Waals surface area contributed by atoms with Crippen LogP contribution in [-0.2, 0) is 0 Å². The molecule has 1 aromatic carbocycles. The predicted octanol–water partition coefficient (Wildman–Crippen LogP) is 3.11. The molecule has 0 saturated heterocycles. The molecular weight excluding hydrogens is 259 g/mol. The fourth-order valence-electron chi connectivity index (χ4n) is 1.59. The van der Waals surface area contributed by atoms with Gasteiger partial charge in [-0.1, -0.05) is 0 Å². The lowest BCUT2D eigenvalue weighted by atomic mass is 10.3. The zero-order valence-corrected chi connectivity index (χ0v) is 10.4. The number of nitrogens with one attached hydrogen (secondary N) is 1. The van der Waals surface area contributed by atoms with Crippen LogP contribution in [-0.4, -0.2) is 25.6 Å². The molecule has 19 heavy (non-hydrogen) atoms. The highest BCUT2D eigenvalue weighted by molar-refractivity contribution is 5.31. The lowest BCUT2D eigenvalue weighted by Gasteiger charge is -2.10. The Morgan fingerprint density at radius 3 is 2.32 bits per heavy atom. The van der Waals surface area contributed by atoms with E-state index in [0.717, 1.165) is 13.0 Å². The minimum absolute atomic E-state index is 0.241. The van der Waals surface area contributed by atoms with Crippen molar-refractivity contribution in [3.05, 3.63) is 24.3 Å². The zero-order chi connectivity index (χ0) is 13.7. The molecule has 1 N–H and O–H groups in total. The molecule has 1 aliphatic rings. The SMILES string of the molecule is FC(F)(F)Oc1ccc(OCCCNC2CC2)cc1. The standard InChI is InChI=1S/C13H16F3NO2/c14-13(15,16)19-12-6-4-11(5-7-12)18-9-1-8-17-10-2-3-10/h4-7,10,17H,1-3,8-9H2. The molecule has 0 aromatic heterocycles. The quantitative estimate of drug-likeness (QED) is 0.776. The van der Waals surface area contributed by atoms with E-state index in [1.807, 2.05) is 0 Å². The van der Waals surface area contributed by atoms with Crippen LogP contribution in [0, 0.1) is 0 Å². The maximum atomic E-state index is 11.9. The number of rotatable bonds is 7. The van der Waals surface area contributed by atoms with Gasteiger partial charge in [0, 0.05) is 6.04 Å². The number of hydrogen-bond acceptors (Lipinski definition) is 3. The minimum Gasteiger partial charge on any atom is -0.494 e. The average Bonchev–Trinajstić information content (AvgIpc) is 3.13. The summed E-state index contributed by atoms with van der Waals surface area (Å²) in [5, 5.41) is 3.35. The Hall–Kier alpha value is -1.43. The van der Waals surface area contributed by atoms with E-state index in [2.05, 4.69) is 10.1 Å². The average molecular weight is 275 g/mol. The lowest BCUT2D eigenvalue weighted by Crippen LogP contribution is -2.19. The van der Waals surface area contributed by atoms with Crippen LogP contribution < -0.4 is 14.8 Å². The molecule has 6 heteroatoms. The maximum Gasteiger partial charge on any atom is 0.573 e. The van der Waals surface area contributed by atoms with E-state index in [1.54, 1.807) is 0 Å². The van der Waals surface area contributed by atoms with Gasteiger partial charge in [-0.15, -0.1) is 13.2 Å². The highest BCUT2D eigenvalue weighted by atomic mass is 19.4. The highest BCUT2D eigenvalue weighted by Gasteiger charge is 2.30. The Balaban J connectivity index is 1.66. The van der Waals surface area contributed by atoms with Crippen molar-refractivity contribution in [3.63, 3.8) is 0 Å². The van der Waals surface area contributed by atoms with E-state index >= 15 is 0 Å². The molecule has 0 heterocycles. The number of halogens is 3. The predicted molar refractivity (Wildman–Crippen MR) is 64.3 cm³/mol. The van der Waals surface area contributed by atoms with Crippen molar-refractivity contribution in [2.75, 3.05) is 13.2 Å². The van der Waals surface area contributed by atoms with Crippen LogP contribution in [0.25, 0.3) is 0 Å². The lowest BCUT2D eigenvalue weighted by molar-refractivity contribution is -0.274. The van der Waals surface area contributed by atoms with Gasteiger partial charge in [0.05, 0.1) is 6.61 Å². The Morgan fingerprint density at radius 1 is 1.11 bits per heavy atom. The molecular formula is C13H16F3NO2. The van der Waals surface area contributed by atoms with Crippen molar-refractivity contribution in [3.8, 4) is 11.5 Å². The van der Waals surface area contributed by atoms with E-state index in [1.165, 1.54) is 37.1 Å². The van der Waals surface area contributed by atoms with Crippen molar-refractivity contribution in [1.82, 2.24) is 5.32 Å². The summed E-state index contributed by atoms with van der Waals surface area (Å²) in [6.07, 6.45) is -1.28. The van der Waals surface area contributed by atoms with Gasteiger partial charge in [0.2, 0.25) is 0 Å². The van der Waals surface area contributed by atoms with E-state index in [9.17, 15) is 13.2 Å². The summed E-state index contributed by atoms with van der Waals surface area (Å²) >= 11 is 0. The van der Waals surface area contributed by atoms with Crippen molar-refractivity contribution in [2.24, 2.45) is 0 Å². The molecule has 0 amide bonds. The molecule has 1 saturated carbocycles. The number of ether oxygens (including phenoxy) is 2. The van der Waals surface area contributed by atoms with Gasteiger partial charge in [-0.25, -0.2) is 0 Å². The Labute approximate surface area is 109 Å². The molecule has 2 rings (SSSR count). The summed E-state index contributed by atoms with van der Waals surface area (Å²) in [5.41, 5.74) is 0. The van der Waals surface area contributed by atoms with E-state index in [0.29, 0.717) is 18.4 Å². The maximum absolute atomic E-state index is 11.9. The van der Waals surface area contributed by atoms with Gasteiger partial charge in [-0.2, -0.15) is 0 Å². The molecule has 0 unspecified atom stereocenters. The van der Waals surface area contributed by atoms with Gasteiger partial charge in [0.15, 0.2) is 0 Å². The summed E-state index contributed by atoms with van der Waals surface area (Å²) in [6, 6.07) is 6.10. The third-order valence-corrected chi connectivity index (χ3v) is 2.66. The van der Waals surface area contributed by atoms with Gasteiger partial charge in [-0.05, 0) is 50.1 Å². The summed E-state index contributed by atoms with van der Waals surface area (Å²) in [7, 11) is 0. The van der Waals surface area contributed by atoms with Gasteiger partial charge >= 0.3 is 6.36 Å². The van der Waals surface area contributed by atoms with Crippen molar-refractivity contribution >= 4 is 0 Å². The first-order valence-electron chi connectivity index (χ1n) is 6.25. The summed E-state index contributed by atoms with van der Waals surface area (Å²) in [4.78, 5) is 0. The molecule has 1 fully saturated rings. The van der Waals surface area contributed by atoms with Crippen LogP contribution in [0.1, 0.15) is 19.3 Å². The number of alkyl halides is 3. The van der Waals surface area contributed by atoms with E-state index < -0.39 is 6.36 Å². The van der Waals surface area contributed by atoms with E-state index in [-0.39, 0.29) is 5.75 Å². The number of benzene rings is 1. The molecule has 1 aromatic rings. The Kier molecular flexibility index (Phi) is 4.52. The third kappa shape index (κ3) is 5.83. The van der Waals surface area contributed by atoms with Crippen molar-refractivity contribution in [2.45, 2.75) is 31.7 Å². The molecule has 0 radical (unpaired) electrons. The molecule has 0 spiro atoms. The molecule has 106 valence electrons. The normalized spacial score (nSPS) is 15.3. The Bertz CT molecular complexity index is 388. The van der Waals surface area contributed by atoms with E-state index in [4.69, 9.17) is 4.74 Å². The second-order valence-corrected chi connectivity index (χ2v) is 4.45. The first kappa shape index (κ1) is 14.0. The second kappa shape index (κ2) is 6.14. The van der Waals surface area contributed by atoms with Crippen LogP contribution in [0.2, 0.25) is 0 Å². The smallest absolute Gasteiger partial charge is 0.494 e. The fraction of sp³-hybridized carbons (Fsp3) is 0.538.